The summed E-state index contributed by atoms with van der Waals surface area (Å²) in [6.45, 7) is 5.74. The summed E-state index contributed by atoms with van der Waals surface area (Å²) in [6, 6.07) is 7.32. The van der Waals surface area contributed by atoms with Gasteiger partial charge in [0.1, 0.15) is 0 Å². The van der Waals surface area contributed by atoms with Crippen LogP contribution in [0.25, 0.3) is 11.4 Å². The third kappa shape index (κ3) is 6.45. The molecule has 8 nitrogen and oxygen atoms in total. The van der Waals surface area contributed by atoms with Gasteiger partial charge in [0.25, 0.3) is 0 Å². The minimum absolute atomic E-state index is 0.261. The van der Waals surface area contributed by atoms with E-state index in [-0.39, 0.29) is 5.91 Å². The van der Waals surface area contributed by atoms with E-state index in [0.717, 1.165) is 44.0 Å². The van der Waals surface area contributed by atoms with Crippen molar-refractivity contribution in [1.82, 2.24) is 25.7 Å². The monoisotopic (exact) mass is 418 g/mol. The number of hydrogen-bond acceptors (Lipinski definition) is 5. The lowest BCUT2D eigenvalue weighted by molar-refractivity contribution is -0.127. The van der Waals surface area contributed by atoms with Crippen molar-refractivity contribution in [3.63, 3.8) is 0 Å². The third-order valence-electron chi connectivity index (χ3n) is 4.57. The quantitative estimate of drug-likeness (QED) is 0.369. The molecule has 1 aromatic heterocycles. The molecular formula is C20H27ClN6O2. The Bertz CT molecular complexity index is 821. The first-order valence-corrected chi connectivity index (χ1v) is 10.4. The summed E-state index contributed by atoms with van der Waals surface area (Å²) in [5.74, 6) is 2.12. The number of amides is 1. The van der Waals surface area contributed by atoms with E-state index >= 15 is 0 Å². The van der Waals surface area contributed by atoms with Crippen molar-refractivity contribution < 1.29 is 9.32 Å². The van der Waals surface area contributed by atoms with E-state index in [9.17, 15) is 4.79 Å². The van der Waals surface area contributed by atoms with Crippen LogP contribution in [-0.4, -0.2) is 59.6 Å². The van der Waals surface area contributed by atoms with Crippen LogP contribution in [0, 0.1) is 0 Å². The molecule has 0 atom stereocenters. The fraction of sp³-hybridized carbons (Fsp3) is 0.500. The van der Waals surface area contributed by atoms with Crippen LogP contribution in [-0.2, 0) is 11.2 Å². The highest BCUT2D eigenvalue weighted by Gasteiger charge is 2.18. The molecule has 1 fully saturated rings. The van der Waals surface area contributed by atoms with Crippen LogP contribution in [0.3, 0.4) is 0 Å². The summed E-state index contributed by atoms with van der Waals surface area (Å²) in [6.07, 6.45) is 3.11. The average Bonchev–Trinajstić information content (AvgIpc) is 3.35. The lowest BCUT2D eigenvalue weighted by Gasteiger charge is -2.15. The van der Waals surface area contributed by atoms with Crippen LogP contribution in [0.2, 0.25) is 5.02 Å². The van der Waals surface area contributed by atoms with Crippen LogP contribution < -0.4 is 10.6 Å². The van der Waals surface area contributed by atoms with E-state index in [2.05, 4.69) is 25.8 Å². The summed E-state index contributed by atoms with van der Waals surface area (Å²) in [5, 5.41) is 11.2. The highest BCUT2D eigenvalue weighted by molar-refractivity contribution is 6.30. The number of hydrogen-bond donors (Lipinski definition) is 2. The zero-order chi connectivity index (χ0) is 20.5. The van der Waals surface area contributed by atoms with E-state index in [4.69, 9.17) is 16.1 Å². The maximum atomic E-state index is 11.6. The van der Waals surface area contributed by atoms with Gasteiger partial charge in [-0.2, -0.15) is 4.98 Å². The number of nitrogens with one attached hydrogen (secondary N) is 2. The summed E-state index contributed by atoms with van der Waals surface area (Å²) in [4.78, 5) is 22.5. The lowest BCUT2D eigenvalue weighted by atomic mass is 10.2. The molecule has 2 N–H and O–H groups in total. The second-order valence-corrected chi connectivity index (χ2v) is 7.23. The maximum Gasteiger partial charge on any atom is 0.228 e. The number of halogens is 1. The molecule has 9 heteroatoms. The number of benzene rings is 1. The topological polar surface area (TPSA) is 95.7 Å². The number of carbonyl (C=O) groups excluding carboxylic acids is 1. The highest BCUT2D eigenvalue weighted by Crippen LogP contribution is 2.18. The molecule has 0 aliphatic carbocycles. The molecule has 2 heterocycles. The van der Waals surface area contributed by atoms with Gasteiger partial charge in [0.05, 0.1) is 0 Å². The fourth-order valence-corrected chi connectivity index (χ4v) is 3.22. The first-order chi connectivity index (χ1) is 14.2. The Balaban J connectivity index is 1.43. The van der Waals surface area contributed by atoms with Gasteiger partial charge in [0, 0.05) is 56.2 Å². The van der Waals surface area contributed by atoms with Crippen LogP contribution in [0.15, 0.2) is 33.8 Å². The van der Waals surface area contributed by atoms with Gasteiger partial charge in [-0.15, -0.1) is 0 Å². The Labute approximate surface area is 175 Å². The van der Waals surface area contributed by atoms with E-state index in [1.54, 1.807) is 12.1 Å². The first-order valence-electron chi connectivity index (χ1n) is 10.0. The average molecular weight is 419 g/mol. The molecule has 0 spiro atoms. The van der Waals surface area contributed by atoms with Crippen molar-refractivity contribution in [1.29, 1.82) is 0 Å². The summed E-state index contributed by atoms with van der Waals surface area (Å²) in [7, 11) is 0. The molecule has 1 amide bonds. The van der Waals surface area contributed by atoms with Gasteiger partial charge in [-0.05, 0) is 44.0 Å². The molecular weight excluding hydrogens is 392 g/mol. The van der Waals surface area contributed by atoms with Gasteiger partial charge in [0.15, 0.2) is 5.96 Å². The molecule has 156 valence electrons. The van der Waals surface area contributed by atoms with Crippen molar-refractivity contribution >= 4 is 23.5 Å². The Hall–Kier alpha value is -2.61. The van der Waals surface area contributed by atoms with Crippen molar-refractivity contribution in [2.75, 3.05) is 32.7 Å². The predicted molar refractivity (Wildman–Crippen MR) is 113 cm³/mol. The number of guanidine groups is 1. The van der Waals surface area contributed by atoms with Crippen LogP contribution >= 0.6 is 11.6 Å². The molecule has 2 aromatic rings. The number of rotatable bonds is 9. The van der Waals surface area contributed by atoms with Crippen molar-refractivity contribution in [3.8, 4) is 11.4 Å². The number of aliphatic imine (C=N–C) groups is 1. The Morgan fingerprint density at radius 2 is 2.14 bits per heavy atom. The normalized spacial score (nSPS) is 14.5. The minimum atomic E-state index is 0.261. The van der Waals surface area contributed by atoms with Crippen LogP contribution in [0.5, 0.6) is 0 Å². The number of aromatic nitrogens is 2. The second-order valence-electron chi connectivity index (χ2n) is 6.79. The molecule has 3 rings (SSSR count). The highest BCUT2D eigenvalue weighted by atomic mass is 35.5. The zero-order valence-electron chi connectivity index (χ0n) is 16.7. The smallest absolute Gasteiger partial charge is 0.228 e. The SMILES string of the molecule is CCNC(=NCCCN1CCCC1=O)NCCc1nc(-c2ccc(Cl)cc2)no1. The summed E-state index contributed by atoms with van der Waals surface area (Å²) >= 11 is 5.91. The number of nitrogens with zero attached hydrogens (tertiary/aromatic N) is 4. The standard InChI is InChI=1S/C20H27ClN6O2/c1-2-22-20(23-11-4-14-27-13-3-5-18(27)28)24-12-10-17-25-19(26-29-17)15-6-8-16(21)9-7-15/h6-9H,2-5,10-14H2,1H3,(H2,22,23,24). The number of likely N-dealkylation sites (tertiary alicyclic amines) is 1. The fourth-order valence-electron chi connectivity index (χ4n) is 3.10. The Morgan fingerprint density at radius 3 is 2.86 bits per heavy atom. The van der Waals surface area contributed by atoms with E-state index in [1.165, 1.54) is 0 Å². The molecule has 1 saturated heterocycles. The van der Waals surface area contributed by atoms with Crippen molar-refractivity contribution in [2.45, 2.75) is 32.6 Å². The molecule has 0 bridgehead atoms. The van der Waals surface area contributed by atoms with Crippen molar-refractivity contribution in [3.05, 3.63) is 35.2 Å². The van der Waals surface area contributed by atoms with Gasteiger partial charge < -0.3 is 20.1 Å². The second kappa shape index (κ2) is 10.8. The first kappa shape index (κ1) is 21.1. The largest absolute Gasteiger partial charge is 0.357 e. The zero-order valence-corrected chi connectivity index (χ0v) is 17.4. The van der Waals surface area contributed by atoms with Gasteiger partial charge in [-0.1, -0.05) is 16.8 Å². The van der Waals surface area contributed by atoms with Crippen LogP contribution in [0.4, 0.5) is 0 Å². The Morgan fingerprint density at radius 1 is 1.31 bits per heavy atom. The molecule has 1 aliphatic rings. The van der Waals surface area contributed by atoms with Gasteiger partial charge in [0.2, 0.25) is 17.6 Å². The molecule has 0 radical (unpaired) electrons. The molecule has 0 saturated carbocycles. The summed E-state index contributed by atoms with van der Waals surface area (Å²) in [5.41, 5.74) is 0.865. The molecule has 29 heavy (non-hydrogen) atoms. The summed E-state index contributed by atoms with van der Waals surface area (Å²) < 4.78 is 5.32. The molecule has 1 aromatic carbocycles. The van der Waals surface area contributed by atoms with E-state index in [1.807, 2.05) is 24.0 Å². The number of carbonyl (C=O) groups is 1. The third-order valence-corrected chi connectivity index (χ3v) is 4.83. The molecule has 0 unspecified atom stereocenters. The van der Waals surface area contributed by atoms with Crippen LogP contribution in [0.1, 0.15) is 32.1 Å². The lowest BCUT2D eigenvalue weighted by Crippen LogP contribution is -2.38. The van der Waals surface area contributed by atoms with E-state index < -0.39 is 0 Å². The van der Waals surface area contributed by atoms with Gasteiger partial charge in [-0.3, -0.25) is 9.79 Å². The van der Waals surface area contributed by atoms with E-state index in [0.29, 0.717) is 42.7 Å². The van der Waals surface area contributed by atoms with Gasteiger partial charge in [-0.25, -0.2) is 0 Å². The van der Waals surface area contributed by atoms with Gasteiger partial charge >= 0.3 is 0 Å². The molecule has 1 aliphatic heterocycles. The maximum absolute atomic E-state index is 11.6. The predicted octanol–water partition coefficient (Wildman–Crippen LogP) is 2.50. The minimum Gasteiger partial charge on any atom is -0.357 e. The Kier molecular flexibility index (Phi) is 7.86. The van der Waals surface area contributed by atoms with Crippen molar-refractivity contribution in [2.24, 2.45) is 4.99 Å².